The van der Waals surface area contributed by atoms with Crippen LogP contribution in [0.3, 0.4) is 0 Å². The molecule has 1 amide bonds. The molecule has 31 heavy (non-hydrogen) atoms. The van der Waals surface area contributed by atoms with E-state index in [2.05, 4.69) is 9.97 Å². The number of aryl methyl sites for hydroxylation is 1. The number of aromatic nitrogens is 2. The lowest BCUT2D eigenvalue weighted by molar-refractivity contribution is 0.0427. The number of hydrogen-bond acceptors (Lipinski definition) is 5. The highest BCUT2D eigenvalue weighted by molar-refractivity contribution is 5.98. The molecule has 1 saturated carbocycles. The normalized spacial score (nSPS) is 18.6. The molecular weight excluding hydrogens is 402 g/mol. The molecule has 0 spiro atoms. The predicted molar refractivity (Wildman–Crippen MR) is 114 cm³/mol. The Kier molecular flexibility index (Phi) is 5.82. The van der Waals surface area contributed by atoms with E-state index >= 15 is 0 Å². The standard InChI is InChI=1S/C23H24F2N4O2/c1-13-9-16-10-14(6-8-18(16)28-22(13)26)23(31)29(19-3-2-4-20(19)30)12-17-7-5-15(11-27-17)21(24)25/h5-11,19-21,30H,2-4,12H2,1H3,(H2,26,28)/t19-,20-/m1/s1. The van der Waals surface area contributed by atoms with Crippen LogP contribution in [0.1, 0.15) is 52.9 Å². The lowest BCUT2D eigenvalue weighted by Crippen LogP contribution is -2.44. The number of amides is 1. The Morgan fingerprint density at radius 1 is 1.26 bits per heavy atom. The summed E-state index contributed by atoms with van der Waals surface area (Å²) in [5, 5.41) is 11.2. The predicted octanol–water partition coefficient (Wildman–Crippen LogP) is 4.01. The summed E-state index contributed by atoms with van der Waals surface area (Å²) in [6.45, 7) is 1.98. The third-order valence-corrected chi connectivity index (χ3v) is 5.83. The molecule has 4 rings (SSSR count). The quantitative estimate of drug-likeness (QED) is 0.643. The SMILES string of the molecule is Cc1cc2cc(C(=O)N(Cc3ccc(C(F)F)cn3)[C@@H]3CCC[C@H]3O)ccc2nc1N. The van der Waals surface area contributed by atoms with Crippen molar-refractivity contribution in [2.75, 3.05) is 5.73 Å². The summed E-state index contributed by atoms with van der Waals surface area (Å²) in [5.41, 5.74) is 8.17. The molecule has 1 aliphatic carbocycles. The maximum Gasteiger partial charge on any atom is 0.265 e. The van der Waals surface area contributed by atoms with Crippen molar-refractivity contribution in [2.45, 2.75) is 51.3 Å². The Morgan fingerprint density at radius 2 is 2.06 bits per heavy atom. The van der Waals surface area contributed by atoms with Crippen molar-refractivity contribution < 1.29 is 18.7 Å². The smallest absolute Gasteiger partial charge is 0.265 e. The van der Waals surface area contributed by atoms with Crippen LogP contribution in [0.25, 0.3) is 10.9 Å². The molecule has 0 bridgehead atoms. The van der Waals surface area contributed by atoms with Crippen LogP contribution in [0.15, 0.2) is 42.6 Å². The number of nitrogens with two attached hydrogens (primary N) is 1. The van der Waals surface area contributed by atoms with E-state index in [0.29, 0.717) is 35.4 Å². The molecule has 2 heterocycles. The van der Waals surface area contributed by atoms with Crippen LogP contribution in [0, 0.1) is 6.92 Å². The minimum absolute atomic E-state index is 0.126. The number of carbonyl (C=O) groups is 1. The first-order chi connectivity index (χ1) is 14.8. The molecule has 2 aromatic heterocycles. The molecule has 0 radical (unpaired) electrons. The number of hydrogen-bond donors (Lipinski definition) is 2. The van der Waals surface area contributed by atoms with Gasteiger partial charge in [-0.05, 0) is 68.1 Å². The van der Waals surface area contributed by atoms with Gasteiger partial charge in [0, 0.05) is 22.7 Å². The summed E-state index contributed by atoms with van der Waals surface area (Å²) in [6.07, 6.45) is 0.00273. The molecule has 0 unspecified atom stereocenters. The van der Waals surface area contributed by atoms with Gasteiger partial charge in [-0.2, -0.15) is 0 Å². The maximum absolute atomic E-state index is 13.5. The summed E-state index contributed by atoms with van der Waals surface area (Å²) in [7, 11) is 0. The monoisotopic (exact) mass is 426 g/mol. The Balaban J connectivity index is 1.66. The average Bonchev–Trinajstić information content (AvgIpc) is 3.18. The number of rotatable bonds is 5. The lowest BCUT2D eigenvalue weighted by Gasteiger charge is -2.31. The van der Waals surface area contributed by atoms with Crippen LogP contribution in [0.5, 0.6) is 0 Å². The Labute approximate surface area is 178 Å². The fourth-order valence-electron chi connectivity index (χ4n) is 4.05. The van der Waals surface area contributed by atoms with Gasteiger partial charge in [0.1, 0.15) is 5.82 Å². The highest BCUT2D eigenvalue weighted by Crippen LogP contribution is 2.28. The zero-order valence-corrected chi connectivity index (χ0v) is 17.1. The number of benzene rings is 1. The van der Waals surface area contributed by atoms with Crippen LogP contribution in [0.4, 0.5) is 14.6 Å². The molecule has 6 nitrogen and oxygen atoms in total. The van der Waals surface area contributed by atoms with Gasteiger partial charge in [-0.3, -0.25) is 9.78 Å². The second-order valence-electron chi connectivity index (χ2n) is 7.98. The lowest BCUT2D eigenvalue weighted by atomic mass is 10.1. The van der Waals surface area contributed by atoms with Crippen LogP contribution in [-0.4, -0.2) is 38.0 Å². The number of aliphatic hydroxyl groups is 1. The van der Waals surface area contributed by atoms with Crippen molar-refractivity contribution >= 4 is 22.6 Å². The molecule has 1 fully saturated rings. The molecule has 1 aliphatic rings. The number of halogens is 2. The number of alkyl halides is 2. The summed E-state index contributed by atoms with van der Waals surface area (Å²) < 4.78 is 25.7. The maximum atomic E-state index is 13.5. The van der Waals surface area contributed by atoms with Gasteiger partial charge >= 0.3 is 0 Å². The highest BCUT2D eigenvalue weighted by atomic mass is 19.3. The number of pyridine rings is 2. The summed E-state index contributed by atoms with van der Waals surface area (Å²) in [6, 6.07) is 9.54. The second-order valence-corrected chi connectivity index (χ2v) is 7.98. The Bertz CT molecular complexity index is 1100. The van der Waals surface area contributed by atoms with Crippen LogP contribution >= 0.6 is 0 Å². The second kappa shape index (κ2) is 8.55. The average molecular weight is 426 g/mol. The molecule has 3 aromatic rings. The zero-order chi connectivity index (χ0) is 22.1. The Hall–Kier alpha value is -3.13. The van der Waals surface area contributed by atoms with Crippen molar-refractivity contribution in [3.8, 4) is 0 Å². The first kappa shape index (κ1) is 21.1. The molecule has 2 atom stereocenters. The third-order valence-electron chi connectivity index (χ3n) is 5.83. The van der Waals surface area contributed by atoms with Crippen molar-refractivity contribution in [3.05, 3.63) is 65.0 Å². The number of anilines is 1. The van der Waals surface area contributed by atoms with Crippen molar-refractivity contribution in [3.63, 3.8) is 0 Å². The first-order valence-corrected chi connectivity index (χ1v) is 10.2. The molecule has 3 N–H and O–H groups in total. The van der Waals surface area contributed by atoms with Gasteiger partial charge < -0.3 is 15.7 Å². The third kappa shape index (κ3) is 4.34. The van der Waals surface area contributed by atoms with Crippen molar-refractivity contribution in [2.24, 2.45) is 0 Å². The van der Waals surface area contributed by atoms with Gasteiger partial charge in [-0.15, -0.1) is 0 Å². The first-order valence-electron chi connectivity index (χ1n) is 10.2. The number of carbonyl (C=O) groups excluding carboxylic acids is 1. The van der Waals surface area contributed by atoms with Gasteiger partial charge in [0.15, 0.2) is 0 Å². The molecular formula is C23H24F2N4O2. The van der Waals surface area contributed by atoms with Gasteiger partial charge in [0.05, 0.1) is 29.9 Å². The van der Waals surface area contributed by atoms with Gasteiger partial charge in [0.25, 0.3) is 12.3 Å². The summed E-state index contributed by atoms with van der Waals surface area (Å²) in [4.78, 5) is 23.5. The molecule has 0 saturated heterocycles. The fraction of sp³-hybridized carbons (Fsp3) is 0.348. The number of aliphatic hydroxyl groups excluding tert-OH is 1. The fourth-order valence-corrected chi connectivity index (χ4v) is 4.05. The van der Waals surface area contributed by atoms with E-state index in [4.69, 9.17) is 5.73 Å². The van der Waals surface area contributed by atoms with Crippen molar-refractivity contribution in [1.29, 1.82) is 0 Å². The van der Waals surface area contributed by atoms with E-state index in [1.54, 1.807) is 23.1 Å². The largest absolute Gasteiger partial charge is 0.391 e. The van der Waals surface area contributed by atoms with E-state index in [-0.39, 0.29) is 24.1 Å². The number of fused-ring (bicyclic) bond motifs is 1. The van der Waals surface area contributed by atoms with E-state index in [1.165, 1.54) is 12.1 Å². The van der Waals surface area contributed by atoms with Crippen molar-refractivity contribution in [1.82, 2.24) is 14.9 Å². The Morgan fingerprint density at radius 3 is 2.71 bits per heavy atom. The zero-order valence-electron chi connectivity index (χ0n) is 17.1. The number of nitrogen functional groups attached to an aromatic ring is 1. The van der Waals surface area contributed by atoms with Crippen LogP contribution < -0.4 is 5.73 Å². The van der Waals surface area contributed by atoms with E-state index < -0.39 is 12.5 Å². The van der Waals surface area contributed by atoms with Gasteiger partial charge in [-0.1, -0.05) is 0 Å². The topological polar surface area (TPSA) is 92.3 Å². The van der Waals surface area contributed by atoms with Crippen LogP contribution in [0.2, 0.25) is 0 Å². The molecule has 8 heteroatoms. The molecule has 0 aliphatic heterocycles. The minimum Gasteiger partial charge on any atom is -0.391 e. The van der Waals surface area contributed by atoms with Crippen LogP contribution in [-0.2, 0) is 6.54 Å². The highest BCUT2D eigenvalue weighted by Gasteiger charge is 2.34. The van der Waals surface area contributed by atoms with E-state index in [1.807, 2.05) is 13.0 Å². The van der Waals surface area contributed by atoms with Gasteiger partial charge in [-0.25, -0.2) is 13.8 Å². The van der Waals surface area contributed by atoms with Gasteiger partial charge in [0.2, 0.25) is 0 Å². The number of nitrogens with zero attached hydrogens (tertiary/aromatic N) is 3. The summed E-state index contributed by atoms with van der Waals surface area (Å²) in [5.74, 6) is 0.197. The summed E-state index contributed by atoms with van der Waals surface area (Å²) >= 11 is 0. The van der Waals surface area contributed by atoms with E-state index in [9.17, 15) is 18.7 Å². The molecule has 1 aromatic carbocycles. The van der Waals surface area contributed by atoms with E-state index in [0.717, 1.165) is 23.6 Å². The molecule has 162 valence electrons. The minimum atomic E-state index is -2.60.